The fraction of sp³-hybridized carbons (Fsp3) is 0.459. The summed E-state index contributed by atoms with van der Waals surface area (Å²) in [4.78, 5) is 17.3. The number of halogens is 1. The van der Waals surface area contributed by atoms with Crippen LogP contribution in [0, 0.1) is 16.2 Å². The topological polar surface area (TPSA) is 116 Å². The molecule has 0 bridgehead atoms. The zero-order valence-electron chi connectivity index (χ0n) is 30.1. The third kappa shape index (κ3) is 7.44. The first-order valence-electron chi connectivity index (χ1n) is 15.9. The van der Waals surface area contributed by atoms with Gasteiger partial charge in [-0.05, 0) is 72.9 Å². The van der Waals surface area contributed by atoms with E-state index in [4.69, 9.17) is 21.1 Å². The summed E-state index contributed by atoms with van der Waals surface area (Å²) in [5, 5.41) is -0.142. The molecular formula is C37H48ClN5O4S. The van der Waals surface area contributed by atoms with Crippen LogP contribution in [0.1, 0.15) is 88.6 Å². The van der Waals surface area contributed by atoms with E-state index in [1.165, 1.54) is 12.4 Å². The van der Waals surface area contributed by atoms with Gasteiger partial charge in [-0.2, -0.15) is 0 Å². The van der Waals surface area contributed by atoms with Crippen molar-refractivity contribution < 1.29 is 17.9 Å². The van der Waals surface area contributed by atoms with Gasteiger partial charge in [0.05, 0.1) is 4.90 Å². The molecule has 0 amide bonds. The summed E-state index contributed by atoms with van der Waals surface area (Å²) in [5.74, 6) is 0.630. The number of anilines is 1. The minimum Gasteiger partial charge on any atom is -0.484 e. The lowest BCUT2D eigenvalue weighted by Crippen LogP contribution is -2.58. The zero-order valence-corrected chi connectivity index (χ0v) is 31.6. The average molecular weight is 694 g/mol. The molecule has 9 nitrogen and oxygen atoms in total. The van der Waals surface area contributed by atoms with Gasteiger partial charge < -0.3 is 9.47 Å². The Morgan fingerprint density at radius 2 is 1.19 bits per heavy atom. The summed E-state index contributed by atoms with van der Waals surface area (Å²) in [7, 11) is -4.20. The number of nitrogens with zero attached hydrogens (tertiary/aromatic N) is 4. The Kier molecular flexibility index (Phi) is 9.99. The molecule has 0 spiro atoms. The van der Waals surface area contributed by atoms with Crippen molar-refractivity contribution in [2.45, 2.75) is 99.0 Å². The number of para-hydroxylation sites is 2. The van der Waals surface area contributed by atoms with E-state index < -0.39 is 15.6 Å². The molecule has 4 aromatic rings. The molecular weight excluding hydrogens is 646 g/mol. The van der Waals surface area contributed by atoms with Crippen LogP contribution >= 0.6 is 11.6 Å². The van der Waals surface area contributed by atoms with Gasteiger partial charge in [0.1, 0.15) is 5.60 Å². The van der Waals surface area contributed by atoms with Gasteiger partial charge in [-0.25, -0.2) is 28.4 Å². The van der Waals surface area contributed by atoms with Crippen molar-refractivity contribution in [1.29, 1.82) is 0 Å². The van der Waals surface area contributed by atoms with E-state index >= 15 is 0 Å². The Morgan fingerprint density at radius 1 is 0.667 bits per heavy atom. The molecule has 4 rings (SSSR count). The quantitative estimate of drug-likeness (QED) is 0.181. The van der Waals surface area contributed by atoms with E-state index in [2.05, 4.69) is 87.0 Å². The van der Waals surface area contributed by atoms with Gasteiger partial charge in [0.2, 0.25) is 11.6 Å². The molecule has 0 saturated carbocycles. The minimum atomic E-state index is -4.20. The van der Waals surface area contributed by atoms with Gasteiger partial charge in [-0.3, -0.25) is 4.72 Å². The van der Waals surface area contributed by atoms with Crippen molar-refractivity contribution in [1.82, 2.24) is 19.9 Å². The standard InChI is InChI=1S/C37H48ClN5O4S/c1-33(2,3)37(34(4,5)6,35(7,8)9)24-18-20-25(21-19-24)48(44,45)43-30-28(29(38)41-32(42-30)31-39-22-15-23-40-31)46-26-16-13-14-17-27(26)47-36(10,11)12/h13-23H,1-12H3,(H,41,42,43). The highest BCUT2D eigenvalue weighted by atomic mass is 35.5. The lowest BCUT2D eigenvalue weighted by atomic mass is 9.42. The first-order valence-corrected chi connectivity index (χ1v) is 17.8. The number of aromatic nitrogens is 4. The Bertz CT molecular complexity index is 1820. The molecule has 0 fully saturated rings. The maximum atomic E-state index is 14.0. The van der Waals surface area contributed by atoms with Crippen LogP contribution < -0.4 is 14.2 Å². The van der Waals surface area contributed by atoms with E-state index in [1.807, 2.05) is 39.0 Å². The van der Waals surface area contributed by atoms with E-state index in [9.17, 15) is 8.42 Å². The first-order chi connectivity index (χ1) is 22.0. The Balaban J connectivity index is 1.83. The van der Waals surface area contributed by atoms with Crippen molar-refractivity contribution in [2.75, 3.05) is 4.72 Å². The highest BCUT2D eigenvalue weighted by Crippen LogP contribution is 2.62. The molecule has 2 aromatic carbocycles. The lowest BCUT2D eigenvalue weighted by Gasteiger charge is -2.61. The van der Waals surface area contributed by atoms with Crippen LogP contribution in [-0.2, 0) is 15.4 Å². The second-order valence-corrected chi connectivity index (χ2v) is 18.0. The fourth-order valence-electron chi connectivity index (χ4n) is 7.90. The zero-order chi connectivity index (χ0) is 35.9. The Hall–Kier alpha value is -3.76. The first kappa shape index (κ1) is 37.1. The molecule has 2 heterocycles. The molecule has 258 valence electrons. The summed E-state index contributed by atoms with van der Waals surface area (Å²) in [5.41, 5.74) is -0.271. The van der Waals surface area contributed by atoms with Gasteiger partial charge in [0.25, 0.3) is 10.0 Å². The Labute approximate surface area is 291 Å². The second-order valence-electron chi connectivity index (χ2n) is 16.0. The number of hydrogen-bond acceptors (Lipinski definition) is 8. The fourth-order valence-corrected chi connectivity index (χ4v) is 9.11. The number of rotatable bonds is 8. The molecule has 0 aliphatic rings. The molecule has 1 N–H and O–H groups in total. The van der Waals surface area contributed by atoms with Crippen LogP contribution in [0.15, 0.2) is 71.9 Å². The maximum Gasteiger partial charge on any atom is 0.263 e. The van der Waals surface area contributed by atoms with Crippen molar-refractivity contribution in [3.05, 3.63) is 77.7 Å². The third-order valence-corrected chi connectivity index (χ3v) is 9.88. The van der Waals surface area contributed by atoms with E-state index in [0.29, 0.717) is 11.5 Å². The number of ether oxygens (including phenoxy) is 2. The van der Waals surface area contributed by atoms with Crippen molar-refractivity contribution in [3.8, 4) is 28.9 Å². The normalized spacial score (nSPS) is 13.3. The molecule has 48 heavy (non-hydrogen) atoms. The van der Waals surface area contributed by atoms with Crippen molar-refractivity contribution >= 4 is 27.4 Å². The second kappa shape index (κ2) is 12.9. The molecule has 0 unspecified atom stereocenters. The summed E-state index contributed by atoms with van der Waals surface area (Å²) >= 11 is 6.69. The summed E-state index contributed by atoms with van der Waals surface area (Å²) in [6.45, 7) is 25.9. The van der Waals surface area contributed by atoms with E-state index in [1.54, 1.807) is 36.4 Å². The molecule has 2 aromatic heterocycles. The lowest BCUT2D eigenvalue weighted by molar-refractivity contribution is -0.0443. The third-order valence-electron chi connectivity index (χ3n) is 8.27. The Morgan fingerprint density at radius 3 is 1.69 bits per heavy atom. The van der Waals surface area contributed by atoms with Gasteiger partial charge in [-0.15, -0.1) is 0 Å². The largest absolute Gasteiger partial charge is 0.484 e. The number of sulfonamides is 1. The molecule has 0 atom stereocenters. The van der Waals surface area contributed by atoms with E-state index in [-0.39, 0.29) is 54.9 Å². The molecule has 0 aliphatic heterocycles. The molecule has 0 aliphatic carbocycles. The predicted molar refractivity (Wildman–Crippen MR) is 192 cm³/mol. The predicted octanol–water partition coefficient (Wildman–Crippen LogP) is 9.73. The molecule has 11 heteroatoms. The van der Waals surface area contributed by atoms with Gasteiger partial charge in [0, 0.05) is 17.8 Å². The highest BCUT2D eigenvalue weighted by molar-refractivity contribution is 7.92. The average Bonchev–Trinajstić information content (AvgIpc) is 2.93. The number of nitrogens with one attached hydrogen (secondary N) is 1. The minimum absolute atomic E-state index is 0.0190. The van der Waals surface area contributed by atoms with Crippen LogP contribution in [0.3, 0.4) is 0 Å². The van der Waals surface area contributed by atoms with Gasteiger partial charge in [0.15, 0.2) is 28.3 Å². The smallest absolute Gasteiger partial charge is 0.263 e. The molecule has 0 saturated heterocycles. The summed E-state index contributed by atoms with van der Waals surface area (Å²) in [6.07, 6.45) is 3.06. The summed E-state index contributed by atoms with van der Waals surface area (Å²) in [6, 6.07) is 15.8. The SMILES string of the molecule is CC(C)(C)Oc1ccccc1Oc1c(Cl)nc(-c2ncccn2)nc1NS(=O)(=O)c1ccc(C(C(C)(C)C)(C(C)(C)C)C(C)(C)C)cc1. The van der Waals surface area contributed by atoms with Gasteiger partial charge in [-0.1, -0.05) is 98.2 Å². The maximum absolute atomic E-state index is 14.0. The van der Waals surface area contributed by atoms with Crippen LogP contribution in [-0.4, -0.2) is 34.0 Å². The van der Waals surface area contributed by atoms with Crippen LogP contribution in [0.5, 0.6) is 17.2 Å². The number of hydrogen-bond donors (Lipinski definition) is 1. The van der Waals surface area contributed by atoms with Crippen molar-refractivity contribution in [2.24, 2.45) is 16.2 Å². The summed E-state index contributed by atoms with van der Waals surface area (Å²) < 4.78 is 43.0. The highest BCUT2D eigenvalue weighted by Gasteiger charge is 2.58. The van der Waals surface area contributed by atoms with Crippen molar-refractivity contribution in [3.63, 3.8) is 0 Å². The van der Waals surface area contributed by atoms with Crippen LogP contribution in [0.2, 0.25) is 5.15 Å². The van der Waals surface area contributed by atoms with Crippen LogP contribution in [0.25, 0.3) is 11.6 Å². The van der Waals surface area contributed by atoms with Crippen LogP contribution in [0.4, 0.5) is 5.82 Å². The van der Waals surface area contributed by atoms with Gasteiger partial charge >= 0.3 is 0 Å². The monoisotopic (exact) mass is 693 g/mol. The van der Waals surface area contributed by atoms with E-state index in [0.717, 1.165) is 5.56 Å². The molecule has 0 radical (unpaired) electrons. The number of benzene rings is 2.